The molecule has 0 aromatic heterocycles. The van der Waals surface area contributed by atoms with Crippen molar-refractivity contribution in [2.45, 2.75) is 12.1 Å². The van der Waals surface area contributed by atoms with E-state index in [1.54, 1.807) is 58.3 Å². The van der Waals surface area contributed by atoms with Gasteiger partial charge in [0.1, 0.15) is 0 Å². The van der Waals surface area contributed by atoms with Gasteiger partial charge in [-0.05, 0) is 48.5 Å². The van der Waals surface area contributed by atoms with Crippen molar-refractivity contribution < 1.29 is 14.7 Å². The lowest BCUT2D eigenvalue weighted by atomic mass is 10.1. The number of carbonyl (C=O) groups excluding carboxylic acids is 2. The van der Waals surface area contributed by atoms with Crippen LogP contribution in [0.4, 0.5) is 0 Å². The quantitative estimate of drug-likeness (QED) is 0.765. The van der Waals surface area contributed by atoms with E-state index in [2.05, 4.69) is 6.58 Å². The third-order valence-corrected chi connectivity index (χ3v) is 6.31. The van der Waals surface area contributed by atoms with Crippen molar-refractivity contribution in [3.05, 3.63) is 82.0 Å². The summed E-state index contributed by atoms with van der Waals surface area (Å²) in [5, 5.41) is 11.8. The van der Waals surface area contributed by atoms with Gasteiger partial charge >= 0.3 is 0 Å². The van der Waals surface area contributed by atoms with Gasteiger partial charge in [0.05, 0.1) is 18.7 Å². The molecule has 2 aromatic rings. The molecule has 31 heavy (non-hydrogen) atoms. The molecular formula is C23H23Cl2N3O3. The van der Waals surface area contributed by atoms with E-state index >= 15 is 0 Å². The van der Waals surface area contributed by atoms with Crippen molar-refractivity contribution in [3.63, 3.8) is 0 Å². The largest absolute Gasteiger partial charge is 0.389 e. The normalized spacial score (nSPS) is 21.5. The number of piperazine rings is 1. The molecule has 2 atom stereocenters. The molecule has 1 N–H and O–H groups in total. The van der Waals surface area contributed by atoms with Crippen LogP contribution in [0.25, 0.3) is 0 Å². The molecule has 4 rings (SSSR count). The van der Waals surface area contributed by atoms with E-state index < -0.39 is 6.10 Å². The SMILES string of the molecule is C=C1CN(C(=O)c2ccc(Cl)cc2)CCN1C1CN(C(=O)c2ccc(Cl)cc2)CC1O. The number of β-amino-alcohol motifs (C(OH)–C–C–N with tert-alkyl or cyclic N) is 1. The van der Waals surface area contributed by atoms with Gasteiger partial charge in [-0.2, -0.15) is 0 Å². The van der Waals surface area contributed by atoms with Gasteiger partial charge in [-0.1, -0.05) is 29.8 Å². The molecule has 8 heteroatoms. The van der Waals surface area contributed by atoms with E-state index in [0.717, 1.165) is 5.70 Å². The number of likely N-dealkylation sites (tertiary alicyclic amines) is 1. The first-order chi connectivity index (χ1) is 14.8. The molecule has 0 radical (unpaired) electrons. The van der Waals surface area contributed by atoms with Crippen LogP contribution in [0.3, 0.4) is 0 Å². The first-order valence-corrected chi connectivity index (χ1v) is 10.8. The number of amides is 2. The lowest BCUT2D eigenvalue weighted by Crippen LogP contribution is -2.53. The van der Waals surface area contributed by atoms with Crippen molar-refractivity contribution in [1.29, 1.82) is 0 Å². The van der Waals surface area contributed by atoms with Crippen LogP contribution in [-0.2, 0) is 0 Å². The highest BCUT2D eigenvalue weighted by Gasteiger charge is 2.40. The molecule has 2 aliphatic rings. The number of benzene rings is 2. The minimum absolute atomic E-state index is 0.0796. The summed E-state index contributed by atoms with van der Waals surface area (Å²) in [4.78, 5) is 31.0. The summed E-state index contributed by atoms with van der Waals surface area (Å²) in [5.74, 6) is -0.218. The van der Waals surface area contributed by atoms with E-state index in [1.807, 2.05) is 4.90 Å². The Bertz CT molecular complexity index is 994. The highest BCUT2D eigenvalue weighted by molar-refractivity contribution is 6.31. The summed E-state index contributed by atoms with van der Waals surface area (Å²) in [6, 6.07) is 13.3. The number of aliphatic hydroxyl groups excluding tert-OH is 1. The van der Waals surface area contributed by atoms with E-state index in [1.165, 1.54) is 0 Å². The van der Waals surface area contributed by atoms with Crippen molar-refractivity contribution >= 4 is 35.0 Å². The van der Waals surface area contributed by atoms with Gasteiger partial charge in [0.2, 0.25) is 0 Å². The first kappa shape index (κ1) is 21.7. The summed E-state index contributed by atoms with van der Waals surface area (Å²) < 4.78 is 0. The predicted molar refractivity (Wildman–Crippen MR) is 120 cm³/mol. The van der Waals surface area contributed by atoms with Crippen LogP contribution in [-0.4, -0.2) is 76.5 Å². The van der Waals surface area contributed by atoms with Crippen LogP contribution in [0.5, 0.6) is 0 Å². The Kier molecular flexibility index (Phi) is 6.23. The molecule has 0 saturated carbocycles. The third kappa shape index (κ3) is 4.56. The topological polar surface area (TPSA) is 64.1 Å². The van der Waals surface area contributed by atoms with E-state index in [4.69, 9.17) is 23.2 Å². The average Bonchev–Trinajstić information content (AvgIpc) is 3.15. The minimum Gasteiger partial charge on any atom is -0.389 e. The molecule has 0 spiro atoms. The Morgan fingerprint density at radius 2 is 1.35 bits per heavy atom. The van der Waals surface area contributed by atoms with Gasteiger partial charge in [0.15, 0.2) is 0 Å². The Morgan fingerprint density at radius 3 is 1.87 bits per heavy atom. The lowest BCUT2D eigenvalue weighted by molar-refractivity contribution is 0.0555. The summed E-state index contributed by atoms with van der Waals surface area (Å²) >= 11 is 11.8. The van der Waals surface area contributed by atoms with Crippen molar-refractivity contribution in [1.82, 2.24) is 14.7 Å². The maximum absolute atomic E-state index is 12.8. The van der Waals surface area contributed by atoms with Crippen molar-refractivity contribution in [2.24, 2.45) is 0 Å². The lowest BCUT2D eigenvalue weighted by Gasteiger charge is -2.41. The van der Waals surface area contributed by atoms with Crippen LogP contribution in [0, 0.1) is 0 Å². The molecule has 2 aromatic carbocycles. The average molecular weight is 460 g/mol. The first-order valence-electron chi connectivity index (χ1n) is 10.1. The van der Waals surface area contributed by atoms with Crippen LogP contribution >= 0.6 is 23.2 Å². The second-order valence-corrected chi connectivity index (χ2v) is 8.72. The molecule has 0 aliphatic carbocycles. The Balaban J connectivity index is 1.39. The number of hydrogen-bond acceptors (Lipinski definition) is 4. The van der Waals surface area contributed by atoms with Gasteiger partial charge < -0.3 is 19.8 Å². The van der Waals surface area contributed by atoms with Crippen LogP contribution < -0.4 is 0 Å². The monoisotopic (exact) mass is 459 g/mol. The van der Waals surface area contributed by atoms with Gasteiger partial charge in [-0.3, -0.25) is 9.59 Å². The fourth-order valence-electron chi connectivity index (χ4n) is 4.14. The number of nitrogens with zero attached hydrogens (tertiary/aromatic N) is 3. The van der Waals surface area contributed by atoms with E-state index in [-0.39, 0.29) is 24.4 Å². The molecule has 0 bridgehead atoms. The Labute approximate surface area is 191 Å². The zero-order valence-electron chi connectivity index (χ0n) is 16.9. The maximum Gasteiger partial charge on any atom is 0.254 e. The highest BCUT2D eigenvalue weighted by atomic mass is 35.5. The summed E-state index contributed by atoms with van der Waals surface area (Å²) in [6.45, 7) is 6.21. The number of carbonyl (C=O) groups is 2. The second kappa shape index (κ2) is 8.91. The molecule has 2 amide bonds. The van der Waals surface area contributed by atoms with Gasteiger partial charge in [0.25, 0.3) is 11.8 Å². The Hall–Kier alpha value is -2.54. The number of rotatable bonds is 3. The second-order valence-electron chi connectivity index (χ2n) is 7.84. The van der Waals surface area contributed by atoms with Gasteiger partial charge in [-0.15, -0.1) is 0 Å². The van der Waals surface area contributed by atoms with Crippen molar-refractivity contribution in [2.75, 3.05) is 32.7 Å². The maximum atomic E-state index is 12.8. The molecular weight excluding hydrogens is 437 g/mol. The van der Waals surface area contributed by atoms with E-state index in [9.17, 15) is 14.7 Å². The fourth-order valence-corrected chi connectivity index (χ4v) is 4.39. The molecule has 6 nitrogen and oxygen atoms in total. The summed E-state index contributed by atoms with van der Waals surface area (Å²) in [7, 11) is 0. The standard InChI is InChI=1S/C23H23Cl2N3O3/c1-15-12-26(22(30)16-2-6-18(24)7-3-16)10-11-28(15)20-13-27(14-21(20)29)23(31)17-4-8-19(25)9-5-17/h2-9,20-21,29H,1,10-14H2. The number of halogens is 2. The predicted octanol–water partition coefficient (Wildman–Crippen LogP) is 3.15. The molecule has 2 fully saturated rings. The van der Waals surface area contributed by atoms with Gasteiger partial charge in [-0.25, -0.2) is 0 Å². The van der Waals surface area contributed by atoms with Crippen LogP contribution in [0.2, 0.25) is 10.0 Å². The summed E-state index contributed by atoms with van der Waals surface area (Å²) in [5.41, 5.74) is 1.86. The number of hydrogen-bond donors (Lipinski definition) is 1. The molecule has 2 unspecified atom stereocenters. The number of aliphatic hydroxyl groups is 1. The zero-order valence-corrected chi connectivity index (χ0v) is 18.4. The fraction of sp³-hybridized carbons (Fsp3) is 0.304. The minimum atomic E-state index is -0.688. The molecule has 2 saturated heterocycles. The third-order valence-electron chi connectivity index (χ3n) is 5.81. The zero-order chi connectivity index (χ0) is 22.1. The Morgan fingerprint density at radius 1 is 0.839 bits per heavy atom. The van der Waals surface area contributed by atoms with Crippen molar-refractivity contribution in [3.8, 4) is 0 Å². The molecule has 162 valence electrons. The highest BCUT2D eigenvalue weighted by Crippen LogP contribution is 2.25. The van der Waals surface area contributed by atoms with Crippen LogP contribution in [0.15, 0.2) is 60.8 Å². The molecule has 2 heterocycles. The summed E-state index contributed by atoms with van der Waals surface area (Å²) in [6.07, 6.45) is -0.688. The van der Waals surface area contributed by atoms with Crippen LogP contribution in [0.1, 0.15) is 20.7 Å². The smallest absolute Gasteiger partial charge is 0.254 e. The van der Waals surface area contributed by atoms with E-state index in [0.29, 0.717) is 47.4 Å². The van der Waals surface area contributed by atoms with Gasteiger partial charge in [0, 0.05) is 53.0 Å². The molecule has 2 aliphatic heterocycles.